The number of rotatable bonds is 6. The van der Waals surface area contributed by atoms with Gasteiger partial charge in [0.05, 0.1) is 11.7 Å². The number of fused-ring (bicyclic) bond motifs is 1. The summed E-state index contributed by atoms with van der Waals surface area (Å²) in [5, 5.41) is 0. The van der Waals surface area contributed by atoms with Gasteiger partial charge in [-0.25, -0.2) is 0 Å². The van der Waals surface area contributed by atoms with Crippen LogP contribution < -0.4 is 9.33 Å². The van der Waals surface area contributed by atoms with Crippen LogP contribution in [0.15, 0.2) is 48.5 Å². The molecule has 1 amide bonds. The van der Waals surface area contributed by atoms with E-state index in [-0.39, 0.29) is 11.9 Å². The molecular formula is C24H33NO2Si. The predicted molar refractivity (Wildman–Crippen MR) is 120 cm³/mol. The van der Waals surface area contributed by atoms with Crippen LogP contribution in [0.25, 0.3) is 0 Å². The third-order valence-corrected chi connectivity index (χ3v) is 12.4. The Morgan fingerprint density at radius 3 is 1.96 bits per heavy atom. The van der Waals surface area contributed by atoms with E-state index in [2.05, 4.69) is 54.5 Å². The van der Waals surface area contributed by atoms with Crippen LogP contribution in [0.4, 0.5) is 5.69 Å². The Labute approximate surface area is 170 Å². The van der Waals surface area contributed by atoms with E-state index in [1.54, 1.807) is 0 Å². The van der Waals surface area contributed by atoms with E-state index in [1.807, 2.05) is 47.4 Å². The maximum atomic E-state index is 13.2. The minimum Gasteiger partial charge on any atom is -0.541 e. The number of hydrogen-bond acceptors (Lipinski definition) is 2. The summed E-state index contributed by atoms with van der Waals surface area (Å²) in [7, 11) is -2.11. The van der Waals surface area contributed by atoms with Gasteiger partial charge in [0.1, 0.15) is 5.75 Å². The SMILES string of the molecule is CC(C)[Si](Oc1ccccc1N1C(=O)c2ccccc2[C@H]1C)(C(C)C)C(C)C. The maximum absolute atomic E-state index is 13.2. The summed E-state index contributed by atoms with van der Waals surface area (Å²) in [6, 6.07) is 16.0. The Balaban J connectivity index is 2.07. The molecule has 1 atom stereocenters. The smallest absolute Gasteiger partial charge is 0.259 e. The van der Waals surface area contributed by atoms with E-state index in [1.165, 1.54) is 0 Å². The Morgan fingerprint density at radius 1 is 0.857 bits per heavy atom. The lowest BCUT2D eigenvalue weighted by Gasteiger charge is -2.43. The molecule has 0 bridgehead atoms. The van der Waals surface area contributed by atoms with Crippen LogP contribution >= 0.6 is 0 Å². The topological polar surface area (TPSA) is 29.5 Å². The second-order valence-electron chi connectivity index (χ2n) is 8.83. The Bertz CT molecular complexity index is 837. The molecule has 0 radical (unpaired) electrons. The van der Waals surface area contributed by atoms with Crippen LogP contribution in [0.2, 0.25) is 16.6 Å². The van der Waals surface area contributed by atoms with E-state index in [9.17, 15) is 4.79 Å². The van der Waals surface area contributed by atoms with E-state index in [0.717, 1.165) is 22.6 Å². The monoisotopic (exact) mass is 395 g/mol. The van der Waals surface area contributed by atoms with Gasteiger partial charge in [0, 0.05) is 5.56 Å². The molecule has 1 aliphatic rings. The second-order valence-corrected chi connectivity index (χ2v) is 14.2. The average Bonchev–Trinajstić information content (AvgIpc) is 2.90. The van der Waals surface area contributed by atoms with Crippen LogP contribution in [-0.2, 0) is 0 Å². The van der Waals surface area contributed by atoms with Crippen LogP contribution in [0, 0.1) is 0 Å². The van der Waals surface area contributed by atoms with Crippen LogP contribution in [0.3, 0.4) is 0 Å². The summed E-state index contributed by atoms with van der Waals surface area (Å²) in [5.41, 5.74) is 4.20. The molecule has 4 heteroatoms. The molecule has 1 heterocycles. The normalized spacial score (nSPS) is 17.0. The number of nitrogens with zero attached hydrogens (tertiary/aromatic N) is 1. The van der Waals surface area contributed by atoms with Gasteiger partial charge in [-0.3, -0.25) is 9.69 Å². The van der Waals surface area contributed by atoms with Crippen molar-refractivity contribution in [3.8, 4) is 5.75 Å². The van der Waals surface area contributed by atoms with Gasteiger partial charge in [0.25, 0.3) is 14.2 Å². The molecular weight excluding hydrogens is 362 g/mol. The lowest BCUT2D eigenvalue weighted by molar-refractivity contribution is 0.0992. The number of anilines is 1. The maximum Gasteiger partial charge on any atom is 0.259 e. The number of hydrogen-bond donors (Lipinski definition) is 0. The highest BCUT2D eigenvalue weighted by molar-refractivity contribution is 6.78. The molecule has 0 aliphatic carbocycles. The third-order valence-electron chi connectivity index (χ3n) is 6.37. The molecule has 3 rings (SSSR count). The Kier molecular flexibility index (Phi) is 5.71. The highest BCUT2D eigenvalue weighted by Crippen LogP contribution is 2.47. The van der Waals surface area contributed by atoms with Gasteiger partial charge >= 0.3 is 0 Å². The molecule has 0 saturated heterocycles. The fraction of sp³-hybridized carbons (Fsp3) is 0.458. The molecule has 0 aromatic heterocycles. The zero-order valence-electron chi connectivity index (χ0n) is 18.2. The zero-order valence-corrected chi connectivity index (χ0v) is 19.2. The molecule has 0 N–H and O–H groups in total. The second kappa shape index (κ2) is 7.74. The fourth-order valence-electron chi connectivity index (χ4n) is 5.11. The number of amides is 1. The largest absolute Gasteiger partial charge is 0.541 e. The van der Waals surface area contributed by atoms with E-state index >= 15 is 0 Å². The van der Waals surface area contributed by atoms with Gasteiger partial charge in [0.15, 0.2) is 0 Å². The minimum atomic E-state index is -2.11. The molecule has 0 fully saturated rings. The molecule has 2 aromatic rings. The van der Waals surface area contributed by atoms with Gasteiger partial charge in [0.2, 0.25) is 0 Å². The molecule has 0 saturated carbocycles. The summed E-state index contributed by atoms with van der Waals surface area (Å²) < 4.78 is 6.97. The molecule has 150 valence electrons. The summed E-state index contributed by atoms with van der Waals surface area (Å²) >= 11 is 0. The van der Waals surface area contributed by atoms with Gasteiger partial charge in [-0.05, 0) is 47.3 Å². The van der Waals surface area contributed by atoms with Gasteiger partial charge in [-0.2, -0.15) is 0 Å². The zero-order chi connectivity index (χ0) is 20.6. The molecule has 28 heavy (non-hydrogen) atoms. The van der Waals surface area contributed by atoms with E-state index in [0.29, 0.717) is 16.6 Å². The summed E-state index contributed by atoms with van der Waals surface area (Å²) in [6.07, 6.45) is 0. The van der Waals surface area contributed by atoms with Crippen molar-refractivity contribution in [3.05, 3.63) is 59.7 Å². The van der Waals surface area contributed by atoms with Gasteiger partial charge in [-0.1, -0.05) is 71.9 Å². The van der Waals surface area contributed by atoms with E-state index < -0.39 is 8.32 Å². The number of para-hydroxylation sites is 2. The first-order chi connectivity index (χ1) is 13.2. The lowest BCUT2D eigenvalue weighted by Crippen LogP contribution is -2.51. The molecule has 2 aromatic carbocycles. The Hall–Kier alpha value is -2.07. The summed E-state index contributed by atoms with van der Waals surface area (Å²) in [4.78, 5) is 15.1. The number of carbonyl (C=O) groups excluding carboxylic acids is 1. The van der Waals surface area contributed by atoms with Crippen molar-refractivity contribution in [2.24, 2.45) is 0 Å². The fourth-order valence-corrected chi connectivity index (χ4v) is 10.4. The van der Waals surface area contributed by atoms with Crippen molar-refractivity contribution in [1.29, 1.82) is 0 Å². The quantitative estimate of drug-likeness (QED) is 0.495. The van der Waals surface area contributed by atoms with Gasteiger partial charge < -0.3 is 4.43 Å². The predicted octanol–water partition coefficient (Wildman–Crippen LogP) is 6.96. The van der Waals surface area contributed by atoms with Crippen molar-refractivity contribution in [3.63, 3.8) is 0 Å². The Morgan fingerprint density at radius 2 is 1.39 bits per heavy atom. The summed E-state index contributed by atoms with van der Waals surface area (Å²) in [6.45, 7) is 15.8. The van der Waals surface area contributed by atoms with Crippen LogP contribution in [0.5, 0.6) is 5.75 Å². The number of benzene rings is 2. The molecule has 1 aliphatic heterocycles. The molecule has 3 nitrogen and oxygen atoms in total. The lowest BCUT2D eigenvalue weighted by atomic mass is 10.1. The molecule has 0 unspecified atom stereocenters. The third kappa shape index (κ3) is 3.18. The first kappa shape index (κ1) is 20.7. The standard InChI is InChI=1S/C24H33NO2Si/c1-16(2)28(17(3)4,18(5)6)27-23-15-11-10-14-22(23)25-19(7)20-12-8-9-13-21(20)24(25)26/h8-19H,1-7H3/t19-/m1/s1. The summed E-state index contributed by atoms with van der Waals surface area (Å²) in [5.74, 6) is 0.906. The van der Waals surface area contributed by atoms with Crippen molar-refractivity contribution >= 4 is 19.9 Å². The van der Waals surface area contributed by atoms with E-state index in [4.69, 9.17) is 4.43 Å². The average molecular weight is 396 g/mol. The van der Waals surface area contributed by atoms with Crippen LogP contribution in [-0.4, -0.2) is 14.2 Å². The first-order valence-electron chi connectivity index (χ1n) is 10.4. The van der Waals surface area contributed by atoms with Crippen molar-refractivity contribution in [1.82, 2.24) is 0 Å². The molecule has 0 spiro atoms. The number of carbonyl (C=O) groups is 1. The highest BCUT2D eigenvalue weighted by Gasteiger charge is 2.48. The first-order valence-corrected chi connectivity index (χ1v) is 12.6. The van der Waals surface area contributed by atoms with Crippen molar-refractivity contribution < 1.29 is 9.22 Å². The van der Waals surface area contributed by atoms with Crippen LogP contribution in [0.1, 0.15) is 70.4 Å². The van der Waals surface area contributed by atoms with Crippen molar-refractivity contribution in [2.45, 2.75) is 71.1 Å². The van der Waals surface area contributed by atoms with Gasteiger partial charge in [-0.15, -0.1) is 0 Å². The highest BCUT2D eigenvalue weighted by atomic mass is 28.4. The minimum absolute atomic E-state index is 0.00154. The van der Waals surface area contributed by atoms with Crippen molar-refractivity contribution in [2.75, 3.05) is 4.90 Å².